The van der Waals surface area contributed by atoms with Crippen molar-refractivity contribution in [1.29, 1.82) is 0 Å². The smallest absolute Gasteiger partial charge is 0.326 e. The van der Waals surface area contributed by atoms with Gasteiger partial charge in [0.05, 0.1) is 0 Å². The van der Waals surface area contributed by atoms with Gasteiger partial charge in [-0.2, -0.15) is 0 Å². The first kappa shape index (κ1) is 18.1. The summed E-state index contributed by atoms with van der Waals surface area (Å²) in [5.41, 5.74) is -0.0302. The van der Waals surface area contributed by atoms with Crippen molar-refractivity contribution in [3.05, 3.63) is 55.7 Å². The monoisotopic (exact) mass is 423 g/mol. The fourth-order valence-corrected chi connectivity index (χ4v) is 3.15. The molecular weight excluding hydrogens is 409 g/mol. The standard InChI is InChI=1S/C16H15BrFN5O3/c1-21-13-12(14(25)22(2)16(21)26)20-15(17)23(13)8-7-11(24)19-10-5-3-9(18)4-6-10/h3-6H,7-8H2,1-2H3,(H,19,24). The van der Waals surface area contributed by atoms with Crippen LogP contribution in [0.1, 0.15) is 6.42 Å². The third kappa shape index (κ3) is 3.19. The Hall–Kier alpha value is -2.75. The lowest BCUT2D eigenvalue weighted by Crippen LogP contribution is -2.37. The highest BCUT2D eigenvalue weighted by Gasteiger charge is 2.18. The molecule has 26 heavy (non-hydrogen) atoms. The number of carbonyl (C=O) groups excluding carboxylic acids is 1. The van der Waals surface area contributed by atoms with Gasteiger partial charge >= 0.3 is 5.69 Å². The quantitative estimate of drug-likeness (QED) is 0.641. The number of carbonyl (C=O) groups is 1. The Morgan fingerprint density at radius 1 is 1.19 bits per heavy atom. The van der Waals surface area contributed by atoms with E-state index in [4.69, 9.17) is 0 Å². The second-order valence-electron chi connectivity index (χ2n) is 5.72. The zero-order valence-electron chi connectivity index (χ0n) is 14.0. The first-order valence-electron chi connectivity index (χ1n) is 7.66. The van der Waals surface area contributed by atoms with Crippen LogP contribution in [-0.4, -0.2) is 24.6 Å². The van der Waals surface area contributed by atoms with Gasteiger partial charge in [-0.15, -0.1) is 0 Å². The normalized spacial score (nSPS) is 11.1. The average molecular weight is 424 g/mol. The van der Waals surface area contributed by atoms with Crippen LogP contribution in [0.3, 0.4) is 0 Å². The summed E-state index contributed by atoms with van der Waals surface area (Å²) >= 11 is 3.27. The van der Waals surface area contributed by atoms with E-state index in [1.807, 2.05) is 0 Å². The van der Waals surface area contributed by atoms with Gasteiger partial charge in [0, 0.05) is 32.7 Å². The summed E-state index contributed by atoms with van der Waals surface area (Å²) in [6.45, 7) is 0.199. The van der Waals surface area contributed by atoms with Gasteiger partial charge in [0.15, 0.2) is 15.9 Å². The summed E-state index contributed by atoms with van der Waals surface area (Å²) in [5.74, 6) is -0.682. The molecule has 0 radical (unpaired) electrons. The van der Waals surface area contributed by atoms with E-state index in [0.717, 1.165) is 4.57 Å². The van der Waals surface area contributed by atoms with Gasteiger partial charge in [-0.3, -0.25) is 18.7 Å². The zero-order valence-corrected chi connectivity index (χ0v) is 15.6. The van der Waals surface area contributed by atoms with Gasteiger partial charge in [0.1, 0.15) is 5.82 Å². The molecule has 2 heterocycles. The number of nitrogens with one attached hydrogen (secondary N) is 1. The van der Waals surface area contributed by atoms with E-state index in [9.17, 15) is 18.8 Å². The van der Waals surface area contributed by atoms with Crippen LogP contribution in [-0.2, 0) is 25.4 Å². The van der Waals surface area contributed by atoms with Crippen molar-refractivity contribution >= 4 is 38.7 Å². The maximum absolute atomic E-state index is 12.9. The fourth-order valence-electron chi connectivity index (χ4n) is 2.63. The molecule has 0 saturated heterocycles. The number of aromatic nitrogens is 4. The maximum atomic E-state index is 12.9. The molecule has 0 atom stereocenters. The molecule has 0 unspecified atom stereocenters. The molecule has 0 aliphatic carbocycles. The number of rotatable bonds is 4. The van der Waals surface area contributed by atoms with Gasteiger partial charge in [-0.25, -0.2) is 14.2 Å². The summed E-state index contributed by atoms with van der Waals surface area (Å²) in [4.78, 5) is 40.6. The van der Waals surface area contributed by atoms with E-state index in [2.05, 4.69) is 26.2 Å². The van der Waals surface area contributed by atoms with Gasteiger partial charge in [0.25, 0.3) is 5.56 Å². The average Bonchev–Trinajstić information content (AvgIpc) is 2.95. The van der Waals surface area contributed by atoms with Crippen LogP contribution >= 0.6 is 15.9 Å². The molecule has 1 amide bonds. The Balaban J connectivity index is 1.86. The fraction of sp³-hybridized carbons (Fsp3) is 0.250. The molecule has 0 fully saturated rings. The van der Waals surface area contributed by atoms with Gasteiger partial charge in [0.2, 0.25) is 5.91 Å². The highest BCUT2D eigenvalue weighted by atomic mass is 79.9. The maximum Gasteiger partial charge on any atom is 0.332 e. The van der Waals surface area contributed by atoms with Crippen LogP contribution in [0.5, 0.6) is 0 Å². The lowest BCUT2D eigenvalue weighted by atomic mass is 10.3. The van der Waals surface area contributed by atoms with Crippen molar-refractivity contribution in [3.63, 3.8) is 0 Å². The predicted octanol–water partition coefficient (Wildman–Crippen LogP) is 1.36. The Kier molecular flexibility index (Phi) is 4.77. The molecule has 1 N–H and O–H groups in total. The van der Waals surface area contributed by atoms with Crippen molar-refractivity contribution in [2.45, 2.75) is 13.0 Å². The molecule has 136 valence electrons. The zero-order chi connectivity index (χ0) is 19.0. The van der Waals surface area contributed by atoms with Crippen molar-refractivity contribution in [1.82, 2.24) is 18.7 Å². The predicted molar refractivity (Wildman–Crippen MR) is 97.6 cm³/mol. The van der Waals surface area contributed by atoms with Crippen LogP contribution in [0.2, 0.25) is 0 Å². The minimum absolute atomic E-state index is 0.0742. The Labute approximate surface area is 155 Å². The van der Waals surface area contributed by atoms with Crippen molar-refractivity contribution in [3.8, 4) is 0 Å². The molecule has 2 aromatic heterocycles. The summed E-state index contributed by atoms with van der Waals surface area (Å²) in [6, 6.07) is 5.43. The van der Waals surface area contributed by atoms with Crippen LogP contribution in [0.25, 0.3) is 11.2 Å². The van der Waals surface area contributed by atoms with Gasteiger partial charge in [-0.1, -0.05) is 0 Å². The highest BCUT2D eigenvalue weighted by Crippen LogP contribution is 2.17. The molecule has 0 aliphatic rings. The minimum Gasteiger partial charge on any atom is -0.326 e. The molecule has 8 nitrogen and oxygen atoms in total. The molecule has 0 aliphatic heterocycles. The number of fused-ring (bicyclic) bond motifs is 1. The molecule has 3 aromatic rings. The first-order valence-corrected chi connectivity index (χ1v) is 8.46. The second-order valence-corrected chi connectivity index (χ2v) is 6.42. The number of hydrogen-bond donors (Lipinski definition) is 1. The van der Waals surface area contributed by atoms with E-state index in [1.165, 1.54) is 42.9 Å². The number of anilines is 1. The topological polar surface area (TPSA) is 90.9 Å². The van der Waals surface area contributed by atoms with E-state index in [1.54, 1.807) is 4.57 Å². The van der Waals surface area contributed by atoms with E-state index in [-0.39, 0.29) is 30.2 Å². The third-order valence-electron chi connectivity index (χ3n) is 3.98. The van der Waals surface area contributed by atoms with E-state index < -0.39 is 11.2 Å². The van der Waals surface area contributed by atoms with Gasteiger partial charge in [-0.05, 0) is 40.2 Å². The number of aryl methyl sites for hydroxylation is 2. The molecule has 1 aromatic carbocycles. The molecule has 3 rings (SSSR count). The molecule has 10 heteroatoms. The summed E-state index contributed by atoms with van der Waals surface area (Å²) in [6.07, 6.45) is 0.0742. The van der Waals surface area contributed by atoms with Crippen LogP contribution in [0.15, 0.2) is 38.6 Å². The first-order chi connectivity index (χ1) is 12.3. The van der Waals surface area contributed by atoms with Crippen LogP contribution < -0.4 is 16.6 Å². The Morgan fingerprint density at radius 2 is 1.85 bits per heavy atom. The second kappa shape index (κ2) is 6.87. The Bertz CT molecular complexity index is 1110. The lowest BCUT2D eigenvalue weighted by molar-refractivity contribution is -0.116. The number of halogens is 2. The summed E-state index contributed by atoms with van der Waals surface area (Å²) < 4.78 is 17.1. The van der Waals surface area contributed by atoms with Crippen molar-refractivity contribution in [2.75, 3.05) is 5.32 Å². The van der Waals surface area contributed by atoms with Crippen molar-refractivity contribution < 1.29 is 9.18 Å². The van der Waals surface area contributed by atoms with E-state index in [0.29, 0.717) is 16.1 Å². The van der Waals surface area contributed by atoms with E-state index >= 15 is 0 Å². The number of amides is 1. The number of nitrogens with zero attached hydrogens (tertiary/aromatic N) is 4. The third-order valence-corrected chi connectivity index (χ3v) is 4.59. The molecule has 0 saturated carbocycles. The summed E-state index contributed by atoms with van der Waals surface area (Å²) in [5, 5.41) is 2.66. The number of imidazole rings is 1. The lowest BCUT2D eigenvalue weighted by Gasteiger charge is -2.10. The summed E-state index contributed by atoms with van der Waals surface area (Å²) in [7, 11) is 2.92. The van der Waals surface area contributed by atoms with Gasteiger partial charge < -0.3 is 9.88 Å². The van der Waals surface area contributed by atoms with Crippen LogP contribution in [0, 0.1) is 5.82 Å². The largest absolute Gasteiger partial charge is 0.332 e. The van der Waals surface area contributed by atoms with Crippen LogP contribution in [0.4, 0.5) is 10.1 Å². The SMILES string of the molecule is Cn1c(=O)c2nc(Br)n(CCC(=O)Nc3ccc(F)cc3)c2n(C)c1=O. The molecule has 0 bridgehead atoms. The number of benzene rings is 1. The number of hydrogen-bond acceptors (Lipinski definition) is 4. The minimum atomic E-state index is -0.502. The molecule has 0 spiro atoms. The highest BCUT2D eigenvalue weighted by molar-refractivity contribution is 9.10. The van der Waals surface area contributed by atoms with Crippen molar-refractivity contribution in [2.24, 2.45) is 14.1 Å². The Morgan fingerprint density at radius 3 is 2.50 bits per heavy atom. The molecular formula is C16H15BrFN5O3.